The molecule has 1 aliphatic rings. The fraction of sp³-hybridized carbons (Fsp3) is 0.130. The summed E-state index contributed by atoms with van der Waals surface area (Å²) < 4.78 is 28.2. The molecule has 1 atom stereocenters. The van der Waals surface area contributed by atoms with E-state index < -0.39 is 16.1 Å². The summed E-state index contributed by atoms with van der Waals surface area (Å²) in [5.74, 6) is 0. The molecule has 0 amide bonds. The van der Waals surface area contributed by atoms with Crippen molar-refractivity contribution in [3.05, 3.63) is 101 Å². The maximum absolute atomic E-state index is 13.4. The predicted octanol–water partition coefficient (Wildman–Crippen LogP) is 4.70. The molecule has 0 saturated carbocycles. The number of halogens is 1. The zero-order valence-corrected chi connectivity index (χ0v) is 18.2. The van der Waals surface area contributed by atoms with Crippen LogP contribution in [0.4, 0.5) is 5.69 Å². The average Bonchev–Trinajstić information content (AvgIpc) is 3.21. The Morgan fingerprint density at radius 3 is 2.13 bits per heavy atom. The third-order valence-electron chi connectivity index (χ3n) is 5.01. The van der Waals surface area contributed by atoms with Gasteiger partial charge in [0.25, 0.3) is 10.0 Å². The van der Waals surface area contributed by atoms with Gasteiger partial charge in [-0.3, -0.25) is 0 Å². The second-order valence-corrected chi connectivity index (χ2v) is 9.50. The summed E-state index contributed by atoms with van der Waals surface area (Å²) in [6.45, 7) is 0. The Labute approximate surface area is 182 Å². The molecule has 1 aliphatic heterocycles. The molecule has 5 nitrogen and oxygen atoms in total. The van der Waals surface area contributed by atoms with Crippen LogP contribution in [0.5, 0.6) is 0 Å². The van der Waals surface area contributed by atoms with Crippen LogP contribution >= 0.6 is 11.6 Å². The Morgan fingerprint density at radius 2 is 1.53 bits per heavy atom. The molecule has 0 saturated heterocycles. The van der Waals surface area contributed by atoms with Gasteiger partial charge >= 0.3 is 0 Å². The van der Waals surface area contributed by atoms with E-state index in [0.29, 0.717) is 10.7 Å². The van der Waals surface area contributed by atoms with Gasteiger partial charge in [0, 0.05) is 24.8 Å². The van der Waals surface area contributed by atoms with Crippen molar-refractivity contribution < 1.29 is 8.42 Å². The van der Waals surface area contributed by atoms with Gasteiger partial charge in [0.15, 0.2) is 0 Å². The SMILES string of the molecule is CN(C)c1ccc([C@H]2C=C(c3ccc(Cl)cc3)NN2S(=O)(=O)c2ccccc2)cc1. The Bertz CT molecular complexity index is 1160. The average molecular weight is 440 g/mol. The van der Waals surface area contributed by atoms with E-state index in [-0.39, 0.29) is 4.90 Å². The molecule has 7 heteroatoms. The topological polar surface area (TPSA) is 52.6 Å². The van der Waals surface area contributed by atoms with E-state index in [0.717, 1.165) is 16.8 Å². The number of nitrogens with zero attached hydrogens (tertiary/aromatic N) is 2. The van der Waals surface area contributed by atoms with Crippen LogP contribution in [0.15, 0.2) is 89.8 Å². The standard InChI is InChI=1S/C23H22ClN3O2S/c1-26(2)20-14-10-18(11-15-20)23-16-22(17-8-12-19(24)13-9-17)25-27(23)30(28,29)21-6-4-3-5-7-21/h3-16,23,25H,1-2H3/t23-/m1/s1. The van der Waals surface area contributed by atoms with Crippen LogP contribution in [-0.2, 0) is 10.0 Å². The lowest BCUT2D eigenvalue weighted by atomic mass is 10.0. The van der Waals surface area contributed by atoms with Gasteiger partial charge in [-0.1, -0.05) is 54.1 Å². The van der Waals surface area contributed by atoms with Crippen LogP contribution in [0.25, 0.3) is 5.70 Å². The molecule has 4 rings (SSSR count). The van der Waals surface area contributed by atoms with Crippen molar-refractivity contribution in [2.45, 2.75) is 10.9 Å². The lowest BCUT2D eigenvalue weighted by Crippen LogP contribution is -2.39. The van der Waals surface area contributed by atoms with E-state index in [1.54, 1.807) is 42.5 Å². The van der Waals surface area contributed by atoms with E-state index in [9.17, 15) is 8.42 Å². The molecule has 0 unspecified atom stereocenters. The third-order valence-corrected chi connectivity index (χ3v) is 6.97. The molecule has 0 bridgehead atoms. The Balaban J connectivity index is 1.77. The molecule has 3 aromatic rings. The summed E-state index contributed by atoms with van der Waals surface area (Å²) in [5.41, 5.74) is 6.60. The second kappa shape index (κ2) is 8.14. The van der Waals surface area contributed by atoms with E-state index in [1.807, 2.05) is 61.5 Å². The lowest BCUT2D eigenvalue weighted by Gasteiger charge is -2.25. The van der Waals surface area contributed by atoms with Crippen LogP contribution in [0, 0.1) is 0 Å². The predicted molar refractivity (Wildman–Crippen MR) is 122 cm³/mol. The van der Waals surface area contributed by atoms with Gasteiger partial charge in [-0.15, -0.1) is 4.41 Å². The quantitative estimate of drug-likeness (QED) is 0.626. The van der Waals surface area contributed by atoms with Gasteiger partial charge in [0.1, 0.15) is 0 Å². The first kappa shape index (κ1) is 20.5. The Kier molecular flexibility index (Phi) is 5.56. The van der Waals surface area contributed by atoms with E-state index in [2.05, 4.69) is 5.43 Å². The fourth-order valence-corrected chi connectivity index (χ4v) is 4.91. The van der Waals surface area contributed by atoms with Crippen molar-refractivity contribution in [3.8, 4) is 0 Å². The number of hydrazine groups is 1. The van der Waals surface area contributed by atoms with Crippen LogP contribution in [-0.4, -0.2) is 26.9 Å². The lowest BCUT2D eigenvalue weighted by molar-refractivity contribution is 0.348. The van der Waals surface area contributed by atoms with Gasteiger partial charge in [0.05, 0.1) is 16.6 Å². The molecular formula is C23H22ClN3O2S. The summed E-state index contributed by atoms with van der Waals surface area (Å²) in [4.78, 5) is 2.24. The van der Waals surface area contributed by atoms with E-state index >= 15 is 0 Å². The fourth-order valence-electron chi connectivity index (χ4n) is 3.36. The first-order valence-corrected chi connectivity index (χ1v) is 11.3. The maximum atomic E-state index is 13.4. The Morgan fingerprint density at radius 1 is 0.900 bits per heavy atom. The maximum Gasteiger partial charge on any atom is 0.260 e. The van der Waals surface area contributed by atoms with Crippen molar-refractivity contribution >= 4 is 33.0 Å². The van der Waals surface area contributed by atoms with Crippen molar-refractivity contribution in [1.82, 2.24) is 9.84 Å². The number of hydrogen-bond donors (Lipinski definition) is 1. The molecule has 3 aromatic carbocycles. The largest absolute Gasteiger partial charge is 0.378 e. The van der Waals surface area contributed by atoms with Crippen molar-refractivity contribution in [2.24, 2.45) is 0 Å². The molecule has 0 radical (unpaired) electrons. The minimum absolute atomic E-state index is 0.234. The number of hydrogen-bond acceptors (Lipinski definition) is 4. The summed E-state index contributed by atoms with van der Waals surface area (Å²) in [7, 11) is 0.160. The van der Waals surface area contributed by atoms with Crippen LogP contribution in [0.2, 0.25) is 5.02 Å². The third kappa shape index (κ3) is 3.94. The van der Waals surface area contributed by atoms with Gasteiger partial charge in [0.2, 0.25) is 0 Å². The van der Waals surface area contributed by atoms with Gasteiger partial charge in [-0.05, 0) is 53.6 Å². The summed E-state index contributed by atoms with van der Waals surface area (Å²) in [6, 6.07) is 23.1. The van der Waals surface area contributed by atoms with E-state index in [4.69, 9.17) is 11.6 Å². The molecule has 30 heavy (non-hydrogen) atoms. The zero-order valence-electron chi connectivity index (χ0n) is 16.7. The Hall–Kier alpha value is -2.80. The molecule has 154 valence electrons. The second-order valence-electron chi connectivity index (χ2n) is 7.24. The van der Waals surface area contributed by atoms with Crippen molar-refractivity contribution in [2.75, 3.05) is 19.0 Å². The smallest absolute Gasteiger partial charge is 0.260 e. The first-order valence-electron chi connectivity index (χ1n) is 9.47. The van der Waals surface area contributed by atoms with Gasteiger partial charge < -0.3 is 10.3 Å². The van der Waals surface area contributed by atoms with Crippen molar-refractivity contribution in [1.29, 1.82) is 0 Å². The molecule has 0 spiro atoms. The highest BCUT2D eigenvalue weighted by molar-refractivity contribution is 7.89. The van der Waals surface area contributed by atoms with Crippen molar-refractivity contribution in [3.63, 3.8) is 0 Å². The number of benzene rings is 3. The molecule has 1 N–H and O–H groups in total. The van der Waals surface area contributed by atoms with E-state index in [1.165, 1.54) is 4.41 Å². The molecule has 0 aliphatic carbocycles. The highest BCUT2D eigenvalue weighted by atomic mass is 35.5. The summed E-state index contributed by atoms with van der Waals surface area (Å²) in [5, 5.41) is 0.627. The first-order chi connectivity index (χ1) is 14.4. The minimum atomic E-state index is -3.78. The zero-order chi connectivity index (χ0) is 21.3. The highest BCUT2D eigenvalue weighted by Crippen LogP contribution is 2.36. The van der Waals surface area contributed by atoms with Crippen LogP contribution < -0.4 is 10.3 Å². The van der Waals surface area contributed by atoms with Gasteiger partial charge in [-0.25, -0.2) is 8.42 Å². The van der Waals surface area contributed by atoms with Crippen LogP contribution in [0.1, 0.15) is 17.2 Å². The number of sulfonamides is 1. The highest BCUT2D eigenvalue weighted by Gasteiger charge is 2.36. The number of nitrogens with one attached hydrogen (secondary N) is 1. The minimum Gasteiger partial charge on any atom is -0.378 e. The number of rotatable bonds is 5. The molecule has 0 aromatic heterocycles. The molecule has 1 heterocycles. The van der Waals surface area contributed by atoms with Gasteiger partial charge in [-0.2, -0.15) is 0 Å². The summed E-state index contributed by atoms with van der Waals surface area (Å²) in [6.07, 6.45) is 1.92. The molecule has 0 fully saturated rings. The summed E-state index contributed by atoms with van der Waals surface area (Å²) >= 11 is 6.01. The molecular weight excluding hydrogens is 418 g/mol. The van der Waals surface area contributed by atoms with Crippen LogP contribution in [0.3, 0.4) is 0 Å². The monoisotopic (exact) mass is 439 g/mol. The normalized spacial score (nSPS) is 16.8. The number of anilines is 1.